The minimum absolute atomic E-state index is 0.0569. The van der Waals surface area contributed by atoms with Gasteiger partial charge in [0.25, 0.3) is 0 Å². The summed E-state index contributed by atoms with van der Waals surface area (Å²) < 4.78 is 66.8. The Bertz CT molecular complexity index is 1100. The summed E-state index contributed by atoms with van der Waals surface area (Å²) in [6.45, 7) is 0.793. The van der Waals surface area contributed by atoms with Gasteiger partial charge < -0.3 is 15.5 Å². The molecular formula is C19H20F3IN2O4S. The van der Waals surface area contributed by atoms with Crippen LogP contribution in [-0.2, 0) is 10.0 Å². The molecule has 1 aliphatic rings. The van der Waals surface area contributed by atoms with E-state index in [1.807, 2.05) is 22.6 Å². The first-order valence-electron chi connectivity index (χ1n) is 8.93. The maximum absolute atomic E-state index is 14.8. The van der Waals surface area contributed by atoms with Crippen molar-refractivity contribution in [3.05, 3.63) is 56.4 Å². The zero-order chi connectivity index (χ0) is 22.4. The highest BCUT2D eigenvalue weighted by Gasteiger charge is 2.64. The molecule has 0 saturated heterocycles. The summed E-state index contributed by atoms with van der Waals surface area (Å²) in [5.74, 6) is -4.04. The Balaban J connectivity index is 2.13. The summed E-state index contributed by atoms with van der Waals surface area (Å²) in [4.78, 5) is 0. The fourth-order valence-corrected chi connectivity index (χ4v) is 5.63. The molecule has 30 heavy (non-hydrogen) atoms. The third-order valence-electron chi connectivity index (χ3n) is 5.39. The highest BCUT2D eigenvalue weighted by atomic mass is 127. The molecular weight excluding hydrogens is 536 g/mol. The SMILES string of the molecule is Cc1cc(F)c(F)c(Nc2ccc(I)cc2F)c1C1CC1(CC(O)CO)S(N)(=O)=O. The van der Waals surface area contributed by atoms with Gasteiger partial charge in [-0.25, -0.2) is 26.7 Å². The van der Waals surface area contributed by atoms with E-state index in [9.17, 15) is 26.7 Å². The first-order chi connectivity index (χ1) is 13.9. The molecule has 3 atom stereocenters. The van der Waals surface area contributed by atoms with E-state index in [1.165, 1.54) is 19.1 Å². The van der Waals surface area contributed by atoms with Crippen LogP contribution in [0.2, 0.25) is 0 Å². The van der Waals surface area contributed by atoms with E-state index in [0.29, 0.717) is 3.57 Å². The van der Waals surface area contributed by atoms with Crippen molar-refractivity contribution in [3.63, 3.8) is 0 Å². The van der Waals surface area contributed by atoms with Crippen LogP contribution in [0.15, 0.2) is 24.3 Å². The molecule has 0 aromatic heterocycles. The summed E-state index contributed by atoms with van der Waals surface area (Å²) in [5, 5.41) is 26.9. The molecule has 2 aromatic carbocycles. The lowest BCUT2D eigenvalue weighted by molar-refractivity contribution is 0.0853. The molecule has 3 unspecified atom stereocenters. The van der Waals surface area contributed by atoms with Gasteiger partial charge in [0.15, 0.2) is 11.6 Å². The molecule has 0 radical (unpaired) electrons. The van der Waals surface area contributed by atoms with Gasteiger partial charge in [-0.15, -0.1) is 0 Å². The van der Waals surface area contributed by atoms with Crippen molar-refractivity contribution in [1.29, 1.82) is 0 Å². The first kappa shape index (κ1) is 23.3. The minimum Gasteiger partial charge on any atom is -0.394 e. The van der Waals surface area contributed by atoms with Crippen molar-refractivity contribution in [2.45, 2.75) is 36.5 Å². The quantitative estimate of drug-likeness (QED) is 0.392. The van der Waals surface area contributed by atoms with Crippen molar-refractivity contribution in [2.24, 2.45) is 5.14 Å². The minimum atomic E-state index is -4.23. The average molecular weight is 556 g/mol. The Labute approximate surface area is 185 Å². The summed E-state index contributed by atoms with van der Waals surface area (Å²) in [5.41, 5.74) is -0.123. The van der Waals surface area contributed by atoms with Crippen LogP contribution in [0.4, 0.5) is 24.5 Å². The zero-order valence-electron chi connectivity index (χ0n) is 15.8. The molecule has 0 amide bonds. The standard InChI is InChI=1S/C19H20F3IN2O4S/c1-9-4-14(21)17(22)18(25-15-3-2-10(23)5-13(15)20)16(9)12-7-19(12,30(24,28)29)6-11(27)8-26/h2-5,11-12,25-27H,6-8H2,1H3,(H2,24,28,29). The third-order valence-corrected chi connectivity index (χ3v) is 7.81. The van der Waals surface area contributed by atoms with Crippen molar-refractivity contribution < 1.29 is 31.8 Å². The number of hydrogen-bond donors (Lipinski definition) is 4. The van der Waals surface area contributed by atoms with E-state index in [-0.39, 0.29) is 35.3 Å². The molecule has 0 heterocycles. The first-order valence-corrected chi connectivity index (χ1v) is 11.6. The van der Waals surface area contributed by atoms with Crippen LogP contribution in [0.1, 0.15) is 29.9 Å². The van der Waals surface area contributed by atoms with Gasteiger partial charge in [0.1, 0.15) is 5.82 Å². The monoisotopic (exact) mass is 556 g/mol. The van der Waals surface area contributed by atoms with Crippen molar-refractivity contribution >= 4 is 44.0 Å². The highest BCUT2D eigenvalue weighted by molar-refractivity contribution is 14.1. The third kappa shape index (κ3) is 4.17. The van der Waals surface area contributed by atoms with E-state index in [1.54, 1.807) is 6.07 Å². The van der Waals surface area contributed by atoms with Gasteiger partial charge in [-0.2, -0.15) is 0 Å². The Kier molecular flexibility index (Phi) is 6.41. The molecule has 1 saturated carbocycles. The molecule has 1 aliphatic carbocycles. The molecule has 1 fully saturated rings. The number of sulfonamides is 1. The molecule has 11 heteroatoms. The van der Waals surface area contributed by atoms with Crippen LogP contribution in [-0.4, -0.2) is 36.1 Å². The van der Waals surface area contributed by atoms with Gasteiger partial charge in [0.05, 0.1) is 28.8 Å². The smallest absolute Gasteiger partial charge is 0.215 e. The summed E-state index contributed by atoms with van der Waals surface area (Å²) >= 11 is 1.90. The number of aliphatic hydroxyl groups excluding tert-OH is 2. The maximum atomic E-state index is 14.8. The largest absolute Gasteiger partial charge is 0.394 e. The van der Waals surface area contributed by atoms with Gasteiger partial charge in [-0.3, -0.25) is 0 Å². The molecule has 2 aromatic rings. The number of benzene rings is 2. The molecule has 0 spiro atoms. The van der Waals surface area contributed by atoms with Crippen LogP contribution in [0.5, 0.6) is 0 Å². The Morgan fingerprint density at radius 1 is 1.30 bits per heavy atom. The molecule has 5 N–H and O–H groups in total. The van der Waals surface area contributed by atoms with Gasteiger partial charge >= 0.3 is 0 Å². The number of nitrogens with one attached hydrogen (secondary N) is 1. The maximum Gasteiger partial charge on any atom is 0.215 e. The lowest BCUT2D eigenvalue weighted by Gasteiger charge is -2.22. The predicted octanol–water partition coefficient (Wildman–Crippen LogP) is 3.02. The summed E-state index contributed by atoms with van der Waals surface area (Å²) in [6, 6.07) is 5.06. The van der Waals surface area contributed by atoms with Crippen LogP contribution in [0, 0.1) is 27.9 Å². The second-order valence-electron chi connectivity index (χ2n) is 7.43. The van der Waals surface area contributed by atoms with Crippen molar-refractivity contribution in [1.82, 2.24) is 0 Å². The van der Waals surface area contributed by atoms with Crippen LogP contribution in [0.25, 0.3) is 0 Å². The van der Waals surface area contributed by atoms with Crippen LogP contribution < -0.4 is 10.5 Å². The number of halogens is 4. The fraction of sp³-hybridized carbons (Fsp3) is 0.368. The number of rotatable bonds is 7. The fourth-order valence-electron chi connectivity index (χ4n) is 3.83. The highest BCUT2D eigenvalue weighted by Crippen LogP contribution is 2.61. The zero-order valence-corrected chi connectivity index (χ0v) is 18.8. The van der Waals surface area contributed by atoms with E-state index in [0.717, 1.165) is 6.07 Å². The van der Waals surface area contributed by atoms with Crippen LogP contribution in [0.3, 0.4) is 0 Å². The molecule has 0 aliphatic heterocycles. The van der Waals surface area contributed by atoms with Crippen molar-refractivity contribution in [2.75, 3.05) is 11.9 Å². The number of aliphatic hydroxyl groups is 2. The van der Waals surface area contributed by atoms with Gasteiger partial charge in [0.2, 0.25) is 10.0 Å². The number of aryl methyl sites for hydroxylation is 1. The summed E-state index contributed by atoms with van der Waals surface area (Å²) in [7, 11) is -4.23. The number of hydrogen-bond acceptors (Lipinski definition) is 5. The van der Waals surface area contributed by atoms with Gasteiger partial charge in [-0.05, 0) is 77.7 Å². The normalized spacial score (nSPS) is 22.1. The van der Waals surface area contributed by atoms with E-state index in [2.05, 4.69) is 5.32 Å². The number of primary sulfonamides is 1. The van der Waals surface area contributed by atoms with E-state index in [4.69, 9.17) is 10.2 Å². The topological polar surface area (TPSA) is 113 Å². The van der Waals surface area contributed by atoms with E-state index < -0.39 is 50.9 Å². The Morgan fingerprint density at radius 3 is 2.53 bits per heavy atom. The van der Waals surface area contributed by atoms with Crippen LogP contribution >= 0.6 is 22.6 Å². The molecule has 6 nitrogen and oxygen atoms in total. The Hall–Kier alpha value is -1.41. The van der Waals surface area contributed by atoms with Gasteiger partial charge in [-0.1, -0.05) is 0 Å². The molecule has 164 valence electrons. The molecule has 0 bridgehead atoms. The predicted molar refractivity (Wildman–Crippen MR) is 114 cm³/mol. The summed E-state index contributed by atoms with van der Waals surface area (Å²) in [6.07, 6.45) is -1.79. The van der Waals surface area contributed by atoms with Crippen molar-refractivity contribution in [3.8, 4) is 0 Å². The lowest BCUT2D eigenvalue weighted by atomic mass is 9.97. The second-order valence-corrected chi connectivity index (χ2v) is 10.6. The van der Waals surface area contributed by atoms with E-state index >= 15 is 0 Å². The number of nitrogens with two attached hydrogens (primary N) is 1. The second kappa shape index (κ2) is 8.26. The molecule has 3 rings (SSSR count). The number of anilines is 2. The lowest BCUT2D eigenvalue weighted by Crippen LogP contribution is -2.36. The van der Waals surface area contributed by atoms with Gasteiger partial charge in [0, 0.05) is 9.49 Å². The Morgan fingerprint density at radius 2 is 1.97 bits per heavy atom. The average Bonchev–Trinajstić information content (AvgIpc) is 3.36.